The van der Waals surface area contributed by atoms with Crippen LogP contribution >= 0.6 is 15.9 Å². The summed E-state index contributed by atoms with van der Waals surface area (Å²) < 4.78 is 6.35. The smallest absolute Gasteiger partial charge is 0.260 e. The van der Waals surface area contributed by atoms with Gasteiger partial charge in [-0.05, 0) is 31.0 Å². The van der Waals surface area contributed by atoms with Gasteiger partial charge in [0.15, 0.2) is 6.61 Å². The van der Waals surface area contributed by atoms with Crippen LogP contribution in [0.2, 0.25) is 0 Å². The molecule has 1 aromatic carbocycles. The van der Waals surface area contributed by atoms with Crippen LogP contribution in [-0.2, 0) is 4.79 Å². The number of benzene rings is 1. The fourth-order valence-corrected chi connectivity index (χ4v) is 2.35. The first kappa shape index (κ1) is 13.4. The lowest BCUT2D eigenvalue weighted by Gasteiger charge is -2.30. The zero-order valence-electron chi connectivity index (χ0n) is 10.0. The summed E-state index contributed by atoms with van der Waals surface area (Å²) in [6.07, 6.45) is 1.23. The van der Waals surface area contributed by atoms with Crippen LogP contribution in [0.4, 0.5) is 0 Å². The molecule has 98 valence electrons. The van der Waals surface area contributed by atoms with E-state index >= 15 is 0 Å². The number of halogens is 1. The van der Waals surface area contributed by atoms with Gasteiger partial charge in [0.05, 0.1) is 6.10 Å². The molecule has 0 spiro atoms. The first-order valence-corrected chi connectivity index (χ1v) is 6.78. The summed E-state index contributed by atoms with van der Waals surface area (Å²) in [5.74, 6) is 0.587. The Morgan fingerprint density at radius 1 is 1.56 bits per heavy atom. The number of hydrogen-bond acceptors (Lipinski definition) is 3. The highest BCUT2D eigenvalue weighted by atomic mass is 79.9. The minimum atomic E-state index is -0.395. The van der Waals surface area contributed by atoms with E-state index in [0.717, 1.165) is 17.3 Å². The van der Waals surface area contributed by atoms with E-state index in [1.54, 1.807) is 4.90 Å². The summed E-state index contributed by atoms with van der Waals surface area (Å²) in [6, 6.07) is 7.38. The van der Waals surface area contributed by atoms with Crippen LogP contribution in [0.15, 0.2) is 28.7 Å². The molecule has 1 fully saturated rings. The summed E-state index contributed by atoms with van der Waals surface area (Å²) >= 11 is 3.35. The van der Waals surface area contributed by atoms with Crippen molar-refractivity contribution in [2.24, 2.45) is 0 Å². The third-order valence-electron chi connectivity index (χ3n) is 2.91. The lowest BCUT2D eigenvalue weighted by Crippen LogP contribution is -2.44. The molecule has 1 aromatic rings. The van der Waals surface area contributed by atoms with Crippen molar-refractivity contribution in [1.82, 2.24) is 4.90 Å². The van der Waals surface area contributed by atoms with Gasteiger partial charge in [-0.15, -0.1) is 0 Å². The number of nitrogens with zero attached hydrogens (tertiary/aromatic N) is 1. The van der Waals surface area contributed by atoms with Crippen LogP contribution in [0.1, 0.15) is 12.8 Å². The highest BCUT2D eigenvalue weighted by molar-refractivity contribution is 9.10. The maximum Gasteiger partial charge on any atom is 0.260 e. The van der Waals surface area contributed by atoms with Crippen LogP contribution in [0.5, 0.6) is 5.75 Å². The zero-order chi connectivity index (χ0) is 13.0. The number of carbonyl (C=O) groups excluding carboxylic acids is 1. The summed E-state index contributed by atoms with van der Waals surface area (Å²) in [4.78, 5) is 13.5. The predicted octanol–water partition coefficient (Wildman–Crippen LogP) is 1.81. The van der Waals surface area contributed by atoms with E-state index in [1.165, 1.54) is 0 Å². The van der Waals surface area contributed by atoms with E-state index in [-0.39, 0.29) is 12.5 Å². The number of likely N-dealkylation sites (tertiary alicyclic amines) is 1. The van der Waals surface area contributed by atoms with E-state index in [0.29, 0.717) is 18.8 Å². The second kappa shape index (κ2) is 6.20. The molecule has 1 heterocycles. The number of piperidine rings is 1. The van der Waals surface area contributed by atoms with Gasteiger partial charge in [-0.3, -0.25) is 4.79 Å². The fourth-order valence-electron chi connectivity index (χ4n) is 1.97. The maximum absolute atomic E-state index is 11.9. The molecule has 4 nitrogen and oxygen atoms in total. The Kier molecular flexibility index (Phi) is 4.60. The van der Waals surface area contributed by atoms with E-state index in [9.17, 15) is 9.90 Å². The molecule has 2 rings (SSSR count). The molecule has 1 unspecified atom stereocenters. The third-order valence-corrected chi connectivity index (χ3v) is 3.40. The van der Waals surface area contributed by atoms with Crippen LogP contribution < -0.4 is 4.74 Å². The highest BCUT2D eigenvalue weighted by Crippen LogP contribution is 2.18. The van der Waals surface area contributed by atoms with Gasteiger partial charge in [0.25, 0.3) is 5.91 Å². The Labute approximate surface area is 115 Å². The molecule has 18 heavy (non-hydrogen) atoms. The van der Waals surface area contributed by atoms with Crippen molar-refractivity contribution in [2.75, 3.05) is 19.7 Å². The van der Waals surface area contributed by atoms with Gasteiger partial charge in [-0.1, -0.05) is 22.0 Å². The lowest BCUT2D eigenvalue weighted by atomic mass is 10.1. The van der Waals surface area contributed by atoms with Crippen molar-refractivity contribution in [3.63, 3.8) is 0 Å². The minimum Gasteiger partial charge on any atom is -0.484 e. The number of aliphatic hydroxyl groups is 1. The van der Waals surface area contributed by atoms with Crippen LogP contribution in [-0.4, -0.2) is 41.7 Å². The number of carbonyl (C=O) groups is 1. The third kappa shape index (κ3) is 3.71. The van der Waals surface area contributed by atoms with Crippen molar-refractivity contribution < 1.29 is 14.6 Å². The average Bonchev–Trinajstić information content (AvgIpc) is 2.36. The van der Waals surface area contributed by atoms with Gasteiger partial charge in [0, 0.05) is 17.6 Å². The minimum absolute atomic E-state index is 0.0170. The largest absolute Gasteiger partial charge is 0.484 e. The number of amides is 1. The number of ether oxygens (including phenoxy) is 1. The molecule has 0 aromatic heterocycles. The van der Waals surface area contributed by atoms with Gasteiger partial charge >= 0.3 is 0 Å². The molecular formula is C13H16BrNO3. The first-order valence-electron chi connectivity index (χ1n) is 5.99. The predicted molar refractivity (Wildman–Crippen MR) is 71.5 cm³/mol. The monoisotopic (exact) mass is 313 g/mol. The maximum atomic E-state index is 11.9. The summed E-state index contributed by atoms with van der Waals surface area (Å²) in [5.41, 5.74) is 0. The molecule has 1 amide bonds. The number of rotatable bonds is 3. The Morgan fingerprint density at radius 2 is 2.39 bits per heavy atom. The van der Waals surface area contributed by atoms with E-state index < -0.39 is 6.10 Å². The van der Waals surface area contributed by atoms with Crippen molar-refractivity contribution >= 4 is 21.8 Å². The van der Waals surface area contributed by atoms with Crippen LogP contribution in [0.3, 0.4) is 0 Å². The second-order valence-corrected chi connectivity index (χ2v) is 5.30. The van der Waals surface area contributed by atoms with Crippen LogP contribution in [0, 0.1) is 0 Å². The van der Waals surface area contributed by atoms with Gasteiger partial charge < -0.3 is 14.7 Å². The topological polar surface area (TPSA) is 49.8 Å². The summed E-state index contributed by atoms with van der Waals surface area (Å²) in [5, 5.41) is 9.51. The normalized spacial score (nSPS) is 19.7. The van der Waals surface area contributed by atoms with Gasteiger partial charge in [0.2, 0.25) is 0 Å². The molecule has 1 atom stereocenters. The Balaban J connectivity index is 1.84. The second-order valence-electron chi connectivity index (χ2n) is 4.38. The van der Waals surface area contributed by atoms with Crippen molar-refractivity contribution in [1.29, 1.82) is 0 Å². The van der Waals surface area contributed by atoms with Gasteiger partial charge in [-0.25, -0.2) is 0 Å². The van der Waals surface area contributed by atoms with E-state index in [2.05, 4.69) is 15.9 Å². The number of β-amino-alcohol motifs (C(OH)–C–C–N with tert-alkyl or cyclic N) is 1. The fraction of sp³-hybridized carbons (Fsp3) is 0.462. The molecule has 1 aliphatic rings. The molecule has 0 saturated carbocycles. The molecule has 1 aliphatic heterocycles. The van der Waals surface area contributed by atoms with Crippen molar-refractivity contribution in [3.05, 3.63) is 28.7 Å². The summed E-state index contributed by atoms with van der Waals surface area (Å²) in [7, 11) is 0. The van der Waals surface area contributed by atoms with Crippen LogP contribution in [0.25, 0.3) is 0 Å². The average molecular weight is 314 g/mol. The Hall–Kier alpha value is -1.07. The van der Waals surface area contributed by atoms with E-state index in [1.807, 2.05) is 24.3 Å². The quantitative estimate of drug-likeness (QED) is 0.926. The SMILES string of the molecule is O=C(COc1cccc(Br)c1)N1CCCC(O)C1. The van der Waals surface area contributed by atoms with E-state index in [4.69, 9.17) is 4.74 Å². The summed E-state index contributed by atoms with van der Waals surface area (Å²) in [6.45, 7) is 1.14. The van der Waals surface area contributed by atoms with Gasteiger partial charge in [0.1, 0.15) is 5.75 Å². The standard InChI is InChI=1S/C13H16BrNO3/c14-10-3-1-5-12(7-10)18-9-13(17)15-6-2-4-11(16)8-15/h1,3,5,7,11,16H,2,4,6,8-9H2. The highest BCUT2D eigenvalue weighted by Gasteiger charge is 2.22. The van der Waals surface area contributed by atoms with Crippen molar-refractivity contribution in [2.45, 2.75) is 18.9 Å². The lowest BCUT2D eigenvalue weighted by molar-refractivity contribution is -0.136. The molecule has 1 N–H and O–H groups in total. The number of hydrogen-bond donors (Lipinski definition) is 1. The molecule has 1 saturated heterocycles. The first-order chi connectivity index (χ1) is 8.65. The zero-order valence-corrected chi connectivity index (χ0v) is 11.6. The Morgan fingerprint density at radius 3 is 3.11 bits per heavy atom. The molecule has 5 heteroatoms. The molecule has 0 aliphatic carbocycles. The van der Waals surface area contributed by atoms with Gasteiger partial charge in [-0.2, -0.15) is 0 Å². The number of aliphatic hydroxyl groups excluding tert-OH is 1. The Bertz CT molecular complexity index is 424. The molecule has 0 radical (unpaired) electrons. The molecule has 0 bridgehead atoms. The molecular weight excluding hydrogens is 298 g/mol. The van der Waals surface area contributed by atoms with Crippen molar-refractivity contribution in [3.8, 4) is 5.75 Å².